The molecule has 2 amide bonds. The summed E-state index contributed by atoms with van der Waals surface area (Å²) in [7, 11) is 3.42. The highest BCUT2D eigenvalue weighted by Crippen LogP contribution is 2.26. The van der Waals surface area contributed by atoms with E-state index >= 15 is 0 Å². The minimum absolute atomic E-state index is 0. The summed E-state index contributed by atoms with van der Waals surface area (Å²) in [5, 5.41) is 5.96. The summed E-state index contributed by atoms with van der Waals surface area (Å²) in [6.45, 7) is 1.46. The molecule has 138 valence electrons. The van der Waals surface area contributed by atoms with E-state index < -0.39 is 0 Å². The largest absolute Gasteiger partial charge is 0.385 e. The van der Waals surface area contributed by atoms with Crippen molar-refractivity contribution in [2.75, 3.05) is 26.0 Å². The predicted octanol–water partition coefficient (Wildman–Crippen LogP) is 3.10. The summed E-state index contributed by atoms with van der Waals surface area (Å²) < 4.78 is 0. The number of fused-ring (bicyclic) bond motifs is 1. The summed E-state index contributed by atoms with van der Waals surface area (Å²) in [6, 6.07) is 13.2. The normalized spacial score (nSPS) is 12.2. The van der Waals surface area contributed by atoms with E-state index in [4.69, 9.17) is 0 Å². The van der Waals surface area contributed by atoms with Crippen LogP contribution in [-0.2, 0) is 13.0 Å². The maximum absolute atomic E-state index is 12.9. The van der Waals surface area contributed by atoms with Gasteiger partial charge in [-0.2, -0.15) is 0 Å². The molecule has 1 aliphatic heterocycles. The fourth-order valence-corrected chi connectivity index (χ4v) is 3.17. The summed E-state index contributed by atoms with van der Waals surface area (Å²) in [4.78, 5) is 26.2. The second-order valence-corrected chi connectivity index (χ2v) is 6.30. The van der Waals surface area contributed by atoms with Gasteiger partial charge in [0.1, 0.15) is 0 Å². The third-order valence-corrected chi connectivity index (χ3v) is 4.54. The molecule has 0 bridgehead atoms. The van der Waals surface area contributed by atoms with E-state index in [0.717, 1.165) is 41.8 Å². The third kappa shape index (κ3) is 4.17. The molecule has 6 heteroatoms. The van der Waals surface area contributed by atoms with Crippen molar-refractivity contribution in [3.05, 3.63) is 64.7 Å². The molecule has 2 aromatic carbocycles. The zero-order valence-corrected chi connectivity index (χ0v) is 15.9. The Balaban J connectivity index is 0.00000243. The van der Waals surface area contributed by atoms with Gasteiger partial charge in [-0.3, -0.25) is 9.59 Å². The van der Waals surface area contributed by atoms with Gasteiger partial charge in [0.25, 0.3) is 11.8 Å². The molecule has 5 nitrogen and oxygen atoms in total. The number of hydrogen-bond acceptors (Lipinski definition) is 3. The number of rotatable bonds is 4. The Morgan fingerprint density at radius 2 is 1.88 bits per heavy atom. The van der Waals surface area contributed by atoms with Gasteiger partial charge in [0.2, 0.25) is 0 Å². The summed E-state index contributed by atoms with van der Waals surface area (Å²) in [5.74, 6) is -0.0877. The monoisotopic (exact) mass is 373 g/mol. The molecule has 0 saturated carbocycles. The van der Waals surface area contributed by atoms with E-state index in [-0.39, 0.29) is 24.2 Å². The maximum Gasteiger partial charge on any atom is 0.254 e. The standard InChI is InChI=1S/C20H23N3O2.ClH/c1-21-19(24)15-10-8-14(9-11-15)13-23(2)20(25)17-5-3-7-18-16(17)6-4-12-22-18;/h3,5,7-11,22H,4,6,12-13H2,1-2H3,(H,21,24);1H. The van der Waals surface area contributed by atoms with Gasteiger partial charge in [0.15, 0.2) is 0 Å². The van der Waals surface area contributed by atoms with Crippen molar-refractivity contribution in [2.24, 2.45) is 0 Å². The van der Waals surface area contributed by atoms with Crippen LogP contribution in [0.25, 0.3) is 0 Å². The maximum atomic E-state index is 12.9. The van der Waals surface area contributed by atoms with E-state index in [0.29, 0.717) is 12.1 Å². The van der Waals surface area contributed by atoms with Crippen molar-refractivity contribution >= 4 is 29.9 Å². The average Bonchev–Trinajstić information content (AvgIpc) is 2.67. The number of benzene rings is 2. The first-order valence-electron chi connectivity index (χ1n) is 8.52. The molecular weight excluding hydrogens is 350 g/mol. The molecule has 1 aliphatic rings. The third-order valence-electron chi connectivity index (χ3n) is 4.54. The molecule has 1 heterocycles. The SMILES string of the molecule is CNC(=O)c1ccc(CN(C)C(=O)c2cccc3c2CCCN3)cc1.Cl. The lowest BCUT2D eigenvalue weighted by atomic mass is 9.97. The van der Waals surface area contributed by atoms with Gasteiger partial charge in [-0.1, -0.05) is 18.2 Å². The van der Waals surface area contributed by atoms with Gasteiger partial charge in [0, 0.05) is 44.0 Å². The highest BCUT2D eigenvalue weighted by Gasteiger charge is 2.20. The van der Waals surface area contributed by atoms with Crippen molar-refractivity contribution in [2.45, 2.75) is 19.4 Å². The Bertz CT molecular complexity index is 790. The van der Waals surface area contributed by atoms with Gasteiger partial charge in [-0.25, -0.2) is 0 Å². The average molecular weight is 374 g/mol. The Morgan fingerprint density at radius 3 is 2.58 bits per heavy atom. The molecule has 0 aromatic heterocycles. The van der Waals surface area contributed by atoms with E-state index in [1.54, 1.807) is 24.1 Å². The van der Waals surface area contributed by atoms with Crippen molar-refractivity contribution in [1.29, 1.82) is 0 Å². The molecule has 0 fully saturated rings. The van der Waals surface area contributed by atoms with Crippen LogP contribution in [0.4, 0.5) is 5.69 Å². The number of hydrogen-bond donors (Lipinski definition) is 2. The quantitative estimate of drug-likeness (QED) is 0.865. The topological polar surface area (TPSA) is 61.4 Å². The molecule has 0 saturated heterocycles. The van der Waals surface area contributed by atoms with Gasteiger partial charge < -0.3 is 15.5 Å². The second kappa shape index (κ2) is 8.72. The lowest BCUT2D eigenvalue weighted by Crippen LogP contribution is -2.28. The zero-order valence-electron chi connectivity index (χ0n) is 15.0. The van der Waals surface area contributed by atoms with Crippen LogP contribution >= 0.6 is 12.4 Å². The first-order valence-corrected chi connectivity index (χ1v) is 8.52. The number of carbonyl (C=O) groups is 2. The highest BCUT2D eigenvalue weighted by atomic mass is 35.5. The molecular formula is C20H24ClN3O2. The molecule has 0 unspecified atom stereocenters. The van der Waals surface area contributed by atoms with Gasteiger partial charge in [0.05, 0.1) is 0 Å². The minimum atomic E-state index is -0.112. The Morgan fingerprint density at radius 1 is 1.15 bits per heavy atom. The van der Waals surface area contributed by atoms with Gasteiger partial charge in [-0.05, 0) is 48.2 Å². The molecule has 2 aromatic rings. The lowest BCUT2D eigenvalue weighted by Gasteiger charge is -2.23. The zero-order chi connectivity index (χ0) is 17.8. The van der Waals surface area contributed by atoms with E-state index in [1.807, 2.05) is 37.4 Å². The first-order chi connectivity index (χ1) is 12.1. The molecule has 26 heavy (non-hydrogen) atoms. The van der Waals surface area contributed by atoms with E-state index in [1.165, 1.54) is 0 Å². The van der Waals surface area contributed by atoms with Crippen LogP contribution in [-0.4, -0.2) is 37.4 Å². The Labute approximate surface area is 160 Å². The Kier molecular flexibility index (Phi) is 6.64. The fourth-order valence-electron chi connectivity index (χ4n) is 3.17. The van der Waals surface area contributed by atoms with Crippen LogP contribution in [0.2, 0.25) is 0 Å². The lowest BCUT2D eigenvalue weighted by molar-refractivity contribution is 0.0783. The molecule has 0 radical (unpaired) electrons. The highest BCUT2D eigenvalue weighted by molar-refractivity contribution is 5.97. The minimum Gasteiger partial charge on any atom is -0.385 e. The van der Waals surface area contributed by atoms with Crippen LogP contribution in [0.5, 0.6) is 0 Å². The van der Waals surface area contributed by atoms with Crippen molar-refractivity contribution < 1.29 is 9.59 Å². The van der Waals surface area contributed by atoms with Crippen molar-refractivity contribution in [3.63, 3.8) is 0 Å². The van der Waals surface area contributed by atoms with Crippen LogP contribution in [0.15, 0.2) is 42.5 Å². The van der Waals surface area contributed by atoms with Gasteiger partial charge in [-0.15, -0.1) is 12.4 Å². The molecule has 0 atom stereocenters. The second-order valence-electron chi connectivity index (χ2n) is 6.30. The predicted molar refractivity (Wildman–Crippen MR) is 106 cm³/mol. The number of halogens is 1. The number of amides is 2. The summed E-state index contributed by atoms with van der Waals surface area (Å²) in [6.07, 6.45) is 1.97. The molecule has 3 rings (SSSR count). The van der Waals surface area contributed by atoms with Crippen LogP contribution in [0.1, 0.15) is 38.3 Å². The number of anilines is 1. The number of nitrogens with one attached hydrogen (secondary N) is 2. The number of carbonyl (C=O) groups excluding carboxylic acids is 2. The van der Waals surface area contributed by atoms with E-state index in [2.05, 4.69) is 10.6 Å². The van der Waals surface area contributed by atoms with Crippen LogP contribution in [0.3, 0.4) is 0 Å². The molecule has 0 aliphatic carbocycles. The van der Waals surface area contributed by atoms with Crippen LogP contribution < -0.4 is 10.6 Å². The molecule has 2 N–H and O–H groups in total. The van der Waals surface area contributed by atoms with Crippen LogP contribution in [0, 0.1) is 0 Å². The smallest absolute Gasteiger partial charge is 0.254 e. The van der Waals surface area contributed by atoms with Crippen molar-refractivity contribution in [1.82, 2.24) is 10.2 Å². The van der Waals surface area contributed by atoms with Crippen molar-refractivity contribution in [3.8, 4) is 0 Å². The van der Waals surface area contributed by atoms with Gasteiger partial charge >= 0.3 is 0 Å². The van der Waals surface area contributed by atoms with E-state index in [9.17, 15) is 9.59 Å². The number of nitrogens with zero attached hydrogens (tertiary/aromatic N) is 1. The first kappa shape index (κ1) is 19.8. The molecule has 0 spiro atoms. The summed E-state index contributed by atoms with van der Waals surface area (Å²) in [5.41, 5.74) is 4.56. The Hall–Kier alpha value is -2.53. The summed E-state index contributed by atoms with van der Waals surface area (Å²) >= 11 is 0. The fraction of sp³-hybridized carbons (Fsp3) is 0.300.